The zero-order chi connectivity index (χ0) is 42.1. The monoisotopic (exact) mass is 818 g/mol. The number of H-pyrrole nitrogens is 2. The lowest BCUT2D eigenvalue weighted by molar-refractivity contribution is -0.173. The Balaban J connectivity index is 0.893. The van der Waals surface area contributed by atoms with Crippen molar-refractivity contribution in [2.24, 2.45) is 0 Å². The molecule has 12 heteroatoms. The third-order valence-electron chi connectivity index (χ3n) is 12.6. The van der Waals surface area contributed by atoms with Gasteiger partial charge in [0.15, 0.2) is 0 Å². The first kappa shape index (κ1) is 40.5. The number of likely N-dealkylation sites (tertiary alicyclic amines) is 1. The number of carbonyl (C=O) groups is 2. The number of carbonyl (C=O) groups excluding carboxylic acids is 2. The molecule has 1 spiro atoms. The Bertz CT molecular complexity index is 2420. The van der Waals surface area contributed by atoms with Crippen LogP contribution in [0.4, 0.5) is 0 Å². The van der Waals surface area contributed by atoms with Gasteiger partial charge >= 0.3 is 0 Å². The smallest absolute Gasteiger partial charge is 0.247 e. The molecular formula is C49H54N8O4. The van der Waals surface area contributed by atoms with Crippen molar-refractivity contribution in [1.82, 2.24) is 39.5 Å². The van der Waals surface area contributed by atoms with E-state index in [1.807, 2.05) is 121 Å². The number of rotatable bonds is 11. The van der Waals surface area contributed by atoms with Crippen molar-refractivity contribution in [3.8, 4) is 33.6 Å². The van der Waals surface area contributed by atoms with E-state index in [0.717, 1.165) is 63.4 Å². The van der Waals surface area contributed by atoms with Crippen LogP contribution in [0.1, 0.15) is 72.6 Å². The summed E-state index contributed by atoms with van der Waals surface area (Å²) >= 11 is 0. The van der Waals surface area contributed by atoms with Gasteiger partial charge in [-0.25, -0.2) is 9.97 Å². The van der Waals surface area contributed by atoms with Gasteiger partial charge in [-0.2, -0.15) is 0 Å². The second-order valence-electron chi connectivity index (χ2n) is 16.9. The fourth-order valence-corrected chi connectivity index (χ4v) is 9.48. The van der Waals surface area contributed by atoms with Gasteiger partial charge in [0.1, 0.15) is 35.5 Å². The van der Waals surface area contributed by atoms with E-state index in [4.69, 9.17) is 19.4 Å². The van der Waals surface area contributed by atoms with Gasteiger partial charge in [0.2, 0.25) is 11.8 Å². The summed E-state index contributed by atoms with van der Waals surface area (Å²) in [5.41, 5.74) is 7.19. The quantitative estimate of drug-likeness (QED) is 0.136. The normalized spacial score (nSPS) is 19.8. The van der Waals surface area contributed by atoms with Crippen LogP contribution in [0, 0.1) is 0 Å². The number of benzene rings is 4. The molecule has 4 aromatic carbocycles. The zero-order valence-electron chi connectivity index (χ0n) is 35.3. The van der Waals surface area contributed by atoms with Crippen molar-refractivity contribution in [2.75, 3.05) is 54.6 Å². The minimum absolute atomic E-state index is 0.00771. The average molecular weight is 819 g/mol. The first-order valence-corrected chi connectivity index (χ1v) is 21.3. The van der Waals surface area contributed by atoms with Gasteiger partial charge in [-0.3, -0.25) is 24.3 Å². The molecule has 61 heavy (non-hydrogen) atoms. The fraction of sp³-hybridized carbons (Fsp3) is 0.347. The highest BCUT2D eigenvalue weighted by Gasteiger charge is 2.54. The standard InChI is InChI=1S/C49H54N8O4/c1-54(2)43(37-12-7-5-8-13-37)47(58)56-27-11-16-41(56)45-50-30-39(52-45)35-21-17-33(18-22-35)34-19-23-36(24-20-34)40-31-51-46(53-40)42-32-61-49(25-28-60-29-26-49)57(42)48(59)44(55(3)4)38-14-9-6-10-15-38/h5-10,12-15,17-24,30-31,41-44H,11,16,25-29,32H2,1-4H3,(H,50,52)(H,51,53)/t41-,42-,43+,44+/m0/s1. The number of aromatic nitrogens is 4. The first-order valence-electron chi connectivity index (χ1n) is 21.3. The minimum Gasteiger partial charge on any atom is -0.381 e. The SMILES string of the molecule is CN(C)[C@@H](C(=O)N1CCC[C@H]1c1ncc(-c2ccc(-c3ccc(-c4cnc([C@@H]5COC6(CCOCC6)N5C(=O)[C@@H](c5ccccc5)N(C)C)[nH]4)cc3)cc2)[nH]1)c1ccccc1. The third kappa shape index (κ3) is 7.92. The van der Waals surface area contributed by atoms with Crippen molar-refractivity contribution < 1.29 is 19.1 Å². The highest BCUT2D eigenvalue weighted by Crippen LogP contribution is 2.45. The van der Waals surface area contributed by atoms with Crippen LogP contribution in [-0.2, 0) is 19.1 Å². The van der Waals surface area contributed by atoms with Crippen LogP contribution in [0.3, 0.4) is 0 Å². The number of nitrogens with one attached hydrogen (secondary N) is 2. The Morgan fingerprint density at radius 3 is 1.64 bits per heavy atom. The van der Waals surface area contributed by atoms with Crippen LogP contribution in [-0.4, -0.2) is 112 Å². The predicted molar refractivity (Wildman–Crippen MR) is 235 cm³/mol. The molecular weight excluding hydrogens is 765 g/mol. The fourth-order valence-electron chi connectivity index (χ4n) is 9.48. The molecule has 3 aliphatic rings. The summed E-state index contributed by atoms with van der Waals surface area (Å²) in [6.45, 7) is 2.14. The summed E-state index contributed by atoms with van der Waals surface area (Å²) in [5.74, 6) is 1.62. The molecule has 314 valence electrons. The molecule has 5 heterocycles. The molecule has 2 N–H and O–H groups in total. The Labute approximate surface area is 357 Å². The molecule has 2 aromatic heterocycles. The van der Waals surface area contributed by atoms with Crippen molar-refractivity contribution in [1.29, 1.82) is 0 Å². The van der Waals surface area contributed by atoms with Crippen LogP contribution in [0.25, 0.3) is 33.6 Å². The number of likely N-dealkylation sites (N-methyl/N-ethyl adjacent to an activating group) is 2. The summed E-state index contributed by atoms with van der Waals surface area (Å²) in [7, 11) is 7.80. The van der Waals surface area contributed by atoms with E-state index in [1.165, 1.54) is 0 Å². The first-order chi connectivity index (χ1) is 29.7. The van der Waals surface area contributed by atoms with E-state index < -0.39 is 11.8 Å². The molecule has 9 rings (SSSR count). The Hall–Kier alpha value is -5.92. The molecule has 3 fully saturated rings. The van der Waals surface area contributed by atoms with E-state index in [1.54, 1.807) is 0 Å². The maximum Gasteiger partial charge on any atom is 0.247 e. The highest BCUT2D eigenvalue weighted by atomic mass is 16.5. The van der Waals surface area contributed by atoms with Gasteiger partial charge in [0.25, 0.3) is 0 Å². The zero-order valence-corrected chi connectivity index (χ0v) is 35.3. The number of hydrogen-bond donors (Lipinski definition) is 2. The molecule has 3 aliphatic heterocycles. The lowest BCUT2D eigenvalue weighted by atomic mass is 9.97. The van der Waals surface area contributed by atoms with Gasteiger partial charge in [0, 0.05) is 19.4 Å². The van der Waals surface area contributed by atoms with Crippen molar-refractivity contribution in [2.45, 2.75) is 55.6 Å². The number of ether oxygens (including phenoxy) is 2. The van der Waals surface area contributed by atoms with Crippen LogP contribution in [0.2, 0.25) is 0 Å². The number of nitrogens with zero attached hydrogens (tertiary/aromatic N) is 6. The number of aromatic amines is 2. The number of amides is 2. The van der Waals surface area contributed by atoms with Crippen LogP contribution >= 0.6 is 0 Å². The van der Waals surface area contributed by atoms with Crippen molar-refractivity contribution in [3.63, 3.8) is 0 Å². The van der Waals surface area contributed by atoms with Crippen molar-refractivity contribution in [3.05, 3.63) is 144 Å². The minimum atomic E-state index is -0.747. The Morgan fingerprint density at radius 1 is 0.656 bits per heavy atom. The largest absolute Gasteiger partial charge is 0.381 e. The van der Waals surface area contributed by atoms with E-state index in [9.17, 15) is 9.59 Å². The molecule has 0 unspecified atom stereocenters. The van der Waals surface area contributed by atoms with Crippen LogP contribution in [0.5, 0.6) is 0 Å². The molecule has 4 atom stereocenters. The maximum atomic E-state index is 14.7. The van der Waals surface area contributed by atoms with Crippen LogP contribution < -0.4 is 0 Å². The third-order valence-corrected chi connectivity index (χ3v) is 12.6. The second-order valence-corrected chi connectivity index (χ2v) is 16.9. The summed E-state index contributed by atoms with van der Waals surface area (Å²) in [5, 5.41) is 0. The summed E-state index contributed by atoms with van der Waals surface area (Å²) in [6.07, 6.45) is 6.75. The van der Waals surface area contributed by atoms with E-state index in [-0.39, 0.29) is 29.9 Å². The highest BCUT2D eigenvalue weighted by molar-refractivity contribution is 5.85. The Morgan fingerprint density at radius 2 is 1.13 bits per heavy atom. The summed E-state index contributed by atoms with van der Waals surface area (Å²) < 4.78 is 12.3. The maximum absolute atomic E-state index is 14.7. The average Bonchev–Trinajstić information content (AvgIpc) is 4.12. The van der Waals surface area contributed by atoms with Crippen LogP contribution in [0.15, 0.2) is 122 Å². The van der Waals surface area contributed by atoms with Gasteiger partial charge in [-0.15, -0.1) is 0 Å². The van der Waals surface area contributed by atoms with E-state index in [2.05, 4.69) is 58.5 Å². The Kier molecular flexibility index (Phi) is 11.4. The molecule has 0 aliphatic carbocycles. The molecule has 0 saturated carbocycles. The number of hydrogen-bond acceptors (Lipinski definition) is 8. The van der Waals surface area contributed by atoms with Gasteiger partial charge < -0.3 is 24.3 Å². The van der Waals surface area contributed by atoms with Gasteiger partial charge in [0.05, 0.1) is 49.6 Å². The van der Waals surface area contributed by atoms with Gasteiger partial charge in [-0.1, -0.05) is 109 Å². The second kappa shape index (κ2) is 17.2. The topological polar surface area (TPSA) is 123 Å². The predicted octanol–water partition coefficient (Wildman–Crippen LogP) is 7.81. The van der Waals surface area contributed by atoms with E-state index in [0.29, 0.717) is 45.0 Å². The van der Waals surface area contributed by atoms with Crippen molar-refractivity contribution >= 4 is 11.8 Å². The number of imidazole rings is 2. The lowest BCUT2D eigenvalue weighted by Crippen LogP contribution is -2.55. The van der Waals surface area contributed by atoms with Gasteiger partial charge in [-0.05, 0) is 74.4 Å². The molecule has 2 amide bonds. The lowest BCUT2D eigenvalue weighted by Gasteiger charge is -2.43. The molecule has 12 nitrogen and oxygen atoms in total. The molecule has 0 radical (unpaired) electrons. The molecule has 0 bridgehead atoms. The summed E-state index contributed by atoms with van der Waals surface area (Å²) in [6, 6.07) is 35.5. The summed E-state index contributed by atoms with van der Waals surface area (Å²) in [4.78, 5) is 53.3. The van der Waals surface area contributed by atoms with E-state index >= 15 is 0 Å². The molecule has 3 saturated heterocycles. The molecule has 6 aromatic rings.